The first-order valence-corrected chi connectivity index (χ1v) is 11.9. The lowest BCUT2D eigenvalue weighted by Crippen LogP contribution is -2.34. The van der Waals surface area contributed by atoms with Gasteiger partial charge in [-0.1, -0.05) is 55.7 Å². The van der Waals surface area contributed by atoms with Gasteiger partial charge in [-0.2, -0.15) is 0 Å². The Hall–Kier alpha value is -2.79. The van der Waals surface area contributed by atoms with Gasteiger partial charge >= 0.3 is 6.09 Å². The van der Waals surface area contributed by atoms with Crippen molar-refractivity contribution in [2.45, 2.75) is 64.6 Å². The minimum Gasteiger partial charge on any atom is -0.497 e. The Balaban J connectivity index is 1.93. The molecule has 1 N–H and O–H groups in total. The number of hydrogen-bond acceptors (Lipinski definition) is 4. The maximum Gasteiger partial charge on any atom is 0.418 e. The molecule has 0 aliphatic heterocycles. The normalized spacial score (nSPS) is 16.9. The number of rotatable bonds is 7. The highest BCUT2D eigenvalue weighted by atomic mass is 16.6. The quantitative estimate of drug-likeness (QED) is 0.498. The van der Waals surface area contributed by atoms with Crippen molar-refractivity contribution in [3.05, 3.63) is 72.4 Å². The van der Waals surface area contributed by atoms with Crippen LogP contribution in [0.2, 0.25) is 0 Å². The average Bonchev–Trinajstić information content (AvgIpc) is 2.81. The predicted molar refractivity (Wildman–Crippen MR) is 132 cm³/mol. The molecular weight excluding hydrogens is 414 g/mol. The van der Waals surface area contributed by atoms with Crippen molar-refractivity contribution < 1.29 is 19.4 Å². The second kappa shape index (κ2) is 11.4. The highest BCUT2D eigenvalue weighted by molar-refractivity contribution is 5.90. The molecule has 0 heterocycles. The van der Waals surface area contributed by atoms with E-state index in [1.165, 1.54) is 24.2 Å². The van der Waals surface area contributed by atoms with E-state index in [4.69, 9.17) is 9.47 Å². The maximum absolute atomic E-state index is 13.1. The van der Waals surface area contributed by atoms with Gasteiger partial charge < -0.3 is 14.6 Å². The lowest BCUT2D eigenvalue weighted by molar-refractivity contribution is 0.0593. The highest BCUT2D eigenvalue weighted by Crippen LogP contribution is 2.38. The minimum absolute atomic E-state index is 0.101. The molecule has 178 valence electrons. The fourth-order valence-corrected chi connectivity index (χ4v) is 4.40. The van der Waals surface area contributed by atoms with E-state index >= 15 is 0 Å². The fourth-order valence-electron chi connectivity index (χ4n) is 4.40. The van der Waals surface area contributed by atoms with E-state index in [-0.39, 0.29) is 5.92 Å². The van der Waals surface area contributed by atoms with Crippen LogP contribution in [0.3, 0.4) is 0 Å². The molecule has 5 heteroatoms. The molecule has 0 spiro atoms. The van der Waals surface area contributed by atoms with Crippen LogP contribution in [0, 0.1) is 11.8 Å². The Morgan fingerprint density at radius 3 is 2.24 bits per heavy atom. The Labute approximate surface area is 198 Å². The number of nitrogens with zero attached hydrogens (tertiary/aromatic N) is 1. The van der Waals surface area contributed by atoms with Crippen molar-refractivity contribution >= 4 is 11.8 Å². The maximum atomic E-state index is 13.1. The molecule has 0 radical (unpaired) electrons. The summed E-state index contributed by atoms with van der Waals surface area (Å²) in [6, 6.07) is 17.1. The molecule has 2 atom stereocenters. The van der Waals surface area contributed by atoms with Crippen LogP contribution in [-0.2, 0) is 4.74 Å². The first-order chi connectivity index (χ1) is 15.8. The van der Waals surface area contributed by atoms with Crippen LogP contribution in [0.5, 0.6) is 5.75 Å². The second-order valence-electron chi connectivity index (χ2n) is 9.72. The van der Waals surface area contributed by atoms with Gasteiger partial charge in [-0.25, -0.2) is 4.79 Å². The van der Waals surface area contributed by atoms with E-state index in [1.807, 2.05) is 81.4 Å². The van der Waals surface area contributed by atoms with Gasteiger partial charge in [0, 0.05) is 12.1 Å². The summed E-state index contributed by atoms with van der Waals surface area (Å²) >= 11 is 0. The van der Waals surface area contributed by atoms with E-state index in [9.17, 15) is 9.90 Å². The molecule has 1 aliphatic carbocycles. The number of anilines is 1. The lowest BCUT2D eigenvalue weighted by Gasteiger charge is -2.32. The van der Waals surface area contributed by atoms with E-state index in [0.717, 1.165) is 18.4 Å². The van der Waals surface area contributed by atoms with E-state index < -0.39 is 17.8 Å². The van der Waals surface area contributed by atoms with E-state index in [2.05, 4.69) is 0 Å². The summed E-state index contributed by atoms with van der Waals surface area (Å²) in [6.45, 7) is 5.56. The van der Waals surface area contributed by atoms with Crippen LogP contribution in [0.25, 0.3) is 0 Å². The second-order valence-corrected chi connectivity index (χ2v) is 9.72. The van der Waals surface area contributed by atoms with Crippen molar-refractivity contribution in [1.82, 2.24) is 0 Å². The molecule has 5 nitrogen and oxygen atoms in total. The third kappa shape index (κ3) is 7.10. The Morgan fingerprint density at radius 2 is 1.67 bits per heavy atom. The number of methoxy groups -OCH3 is 1. The lowest BCUT2D eigenvalue weighted by atomic mass is 9.76. The van der Waals surface area contributed by atoms with Gasteiger partial charge in [0.1, 0.15) is 11.4 Å². The number of carbonyl (C=O) groups excluding carboxylic acids is 1. The zero-order valence-corrected chi connectivity index (χ0v) is 20.2. The van der Waals surface area contributed by atoms with Gasteiger partial charge in [-0.15, -0.1) is 0 Å². The molecule has 1 fully saturated rings. The molecule has 0 bridgehead atoms. The van der Waals surface area contributed by atoms with Crippen molar-refractivity contribution in [2.75, 3.05) is 12.0 Å². The zero-order valence-electron chi connectivity index (χ0n) is 20.2. The third-order valence-corrected chi connectivity index (χ3v) is 6.10. The van der Waals surface area contributed by atoms with Gasteiger partial charge in [0.05, 0.1) is 18.9 Å². The molecule has 1 aliphatic rings. The number of hydrogen-bond donors (Lipinski definition) is 1. The summed E-state index contributed by atoms with van der Waals surface area (Å²) in [7, 11) is 1.61. The Kier molecular flexibility index (Phi) is 8.56. The van der Waals surface area contributed by atoms with Crippen molar-refractivity contribution in [3.63, 3.8) is 0 Å². The SMILES string of the molecule is COc1ccc(N(/C=C\[C@H](C2CCCCC2)[C@H](O)c2ccccc2)C(=O)OC(C)(C)C)cc1. The molecule has 33 heavy (non-hydrogen) atoms. The molecule has 3 rings (SSSR count). The van der Waals surface area contributed by atoms with Crippen molar-refractivity contribution in [1.29, 1.82) is 0 Å². The predicted octanol–water partition coefficient (Wildman–Crippen LogP) is 6.88. The summed E-state index contributed by atoms with van der Waals surface area (Å²) in [5.74, 6) is 0.976. The molecule has 0 saturated heterocycles. The number of amides is 1. The van der Waals surface area contributed by atoms with Crippen LogP contribution in [0.15, 0.2) is 66.9 Å². The molecule has 0 unspecified atom stereocenters. The number of carbonyl (C=O) groups is 1. The molecular formula is C28H37NO4. The van der Waals surface area contributed by atoms with Crippen LogP contribution in [0.4, 0.5) is 10.5 Å². The first kappa shape index (κ1) is 24.8. The number of benzene rings is 2. The van der Waals surface area contributed by atoms with Gasteiger partial charge in [0.2, 0.25) is 0 Å². The summed E-state index contributed by atoms with van der Waals surface area (Å²) < 4.78 is 10.9. The van der Waals surface area contributed by atoms with Gasteiger partial charge in [-0.05, 0) is 69.4 Å². The number of aliphatic hydroxyl groups excluding tert-OH is 1. The monoisotopic (exact) mass is 451 g/mol. The first-order valence-electron chi connectivity index (χ1n) is 11.9. The summed E-state index contributed by atoms with van der Waals surface area (Å²) in [4.78, 5) is 14.6. The van der Waals surface area contributed by atoms with Crippen LogP contribution >= 0.6 is 0 Å². The standard InChI is InChI=1S/C28H37NO4/c1-28(2,3)33-27(31)29(23-15-17-24(32-4)18-16-23)20-19-25(21-11-7-5-8-12-21)26(30)22-13-9-6-10-14-22/h6,9-10,13-21,25-26,30H,5,7-8,11-12H2,1-4H3/b20-19-/t25-,26-/m1/s1. The Morgan fingerprint density at radius 1 is 1.03 bits per heavy atom. The number of aliphatic hydroxyl groups is 1. The fraction of sp³-hybridized carbons (Fsp3) is 0.464. The third-order valence-electron chi connectivity index (χ3n) is 6.10. The molecule has 1 saturated carbocycles. The average molecular weight is 452 g/mol. The van der Waals surface area contributed by atoms with Crippen molar-refractivity contribution in [3.8, 4) is 5.75 Å². The topological polar surface area (TPSA) is 59.0 Å². The minimum atomic E-state index is -0.637. The highest BCUT2D eigenvalue weighted by Gasteiger charge is 2.30. The van der Waals surface area contributed by atoms with E-state index in [0.29, 0.717) is 17.4 Å². The molecule has 2 aromatic carbocycles. The summed E-state index contributed by atoms with van der Waals surface area (Å²) in [5.41, 5.74) is 0.950. The Bertz CT molecular complexity index is 896. The summed E-state index contributed by atoms with van der Waals surface area (Å²) in [6.07, 6.45) is 8.40. The van der Waals surface area contributed by atoms with Crippen LogP contribution < -0.4 is 9.64 Å². The van der Waals surface area contributed by atoms with E-state index in [1.54, 1.807) is 13.3 Å². The largest absolute Gasteiger partial charge is 0.497 e. The zero-order chi connectivity index (χ0) is 23.8. The molecule has 1 amide bonds. The van der Waals surface area contributed by atoms with Gasteiger partial charge in [-0.3, -0.25) is 4.90 Å². The van der Waals surface area contributed by atoms with Crippen molar-refractivity contribution in [2.24, 2.45) is 11.8 Å². The van der Waals surface area contributed by atoms with Crippen LogP contribution in [0.1, 0.15) is 64.5 Å². The molecule has 0 aromatic heterocycles. The summed E-state index contributed by atoms with van der Waals surface area (Å²) in [5, 5.41) is 11.3. The number of ether oxygens (including phenoxy) is 2. The van der Waals surface area contributed by atoms with Gasteiger partial charge in [0.25, 0.3) is 0 Å². The molecule has 2 aromatic rings. The van der Waals surface area contributed by atoms with Gasteiger partial charge in [0.15, 0.2) is 0 Å². The van der Waals surface area contributed by atoms with Crippen LogP contribution in [-0.4, -0.2) is 23.9 Å². The smallest absolute Gasteiger partial charge is 0.418 e.